The maximum atomic E-state index is 12.0. The zero-order valence-corrected chi connectivity index (χ0v) is 41.3. The molecule has 0 amide bonds. The molecule has 7 rings (SSSR count). The van der Waals surface area contributed by atoms with Crippen molar-refractivity contribution in [1.82, 2.24) is 14.5 Å². The molecule has 2 aromatic heterocycles. The van der Waals surface area contributed by atoms with Gasteiger partial charge in [-0.05, 0) is 96.9 Å². The van der Waals surface area contributed by atoms with E-state index in [9.17, 15) is 5.11 Å². The van der Waals surface area contributed by atoms with Crippen LogP contribution < -0.4 is 0 Å². The van der Waals surface area contributed by atoms with Crippen LogP contribution >= 0.6 is 0 Å². The van der Waals surface area contributed by atoms with E-state index >= 15 is 0 Å². The third-order valence-electron chi connectivity index (χ3n) is 11.8. The van der Waals surface area contributed by atoms with Gasteiger partial charge in [0.05, 0.1) is 16.6 Å². The summed E-state index contributed by atoms with van der Waals surface area (Å²) in [5, 5.41) is 12.0. The standard InChI is InChI=1S/C56H64N3O.Pt/c1-52(2,3)39-23-24-57-47(33-39)38-25-37(26-40(27-38)53(4,5)6)46-32-43(56(13,14)15)34-48-50(46)58-51(45-22-21-36(28-49(45)60)35-19-17-16-18-20-35)59(48)44-30-41(54(7,8)9)29-42(31-44)55(10,11)12;/h16-24,26-34,60H,1-15H3;/q-1;. The van der Waals surface area contributed by atoms with Crippen molar-refractivity contribution >= 4 is 11.0 Å². The van der Waals surface area contributed by atoms with E-state index in [2.05, 4.69) is 187 Å². The van der Waals surface area contributed by atoms with Gasteiger partial charge in [-0.2, -0.15) is 0 Å². The Labute approximate surface area is 380 Å². The van der Waals surface area contributed by atoms with Gasteiger partial charge in [0, 0.05) is 38.6 Å². The Morgan fingerprint density at radius 1 is 0.492 bits per heavy atom. The van der Waals surface area contributed by atoms with Gasteiger partial charge in [0.2, 0.25) is 0 Å². The van der Waals surface area contributed by atoms with Crippen molar-refractivity contribution in [1.29, 1.82) is 0 Å². The van der Waals surface area contributed by atoms with Gasteiger partial charge in [0.25, 0.3) is 0 Å². The average Bonchev–Trinajstić information content (AvgIpc) is 3.55. The Hall–Kier alpha value is -4.79. The smallest absolute Gasteiger partial charge is 0.148 e. The predicted octanol–water partition coefficient (Wildman–Crippen LogP) is 15.1. The van der Waals surface area contributed by atoms with Crippen LogP contribution in [0.2, 0.25) is 0 Å². The fraction of sp³-hybridized carbons (Fsp3) is 0.357. The van der Waals surface area contributed by atoms with Gasteiger partial charge in [-0.3, -0.25) is 9.55 Å². The van der Waals surface area contributed by atoms with E-state index in [0.717, 1.165) is 50.2 Å². The Balaban J connectivity index is 0.00000622. The topological polar surface area (TPSA) is 50.9 Å². The second-order valence-electron chi connectivity index (χ2n) is 21.9. The molecule has 0 atom stereocenters. The van der Waals surface area contributed by atoms with E-state index in [1.165, 1.54) is 27.8 Å². The van der Waals surface area contributed by atoms with Gasteiger partial charge >= 0.3 is 0 Å². The van der Waals surface area contributed by atoms with Gasteiger partial charge in [0.1, 0.15) is 11.6 Å². The first-order chi connectivity index (χ1) is 27.8. The monoisotopic (exact) mass is 989 g/mol. The number of hydrogen-bond acceptors (Lipinski definition) is 3. The Morgan fingerprint density at radius 2 is 1.03 bits per heavy atom. The Kier molecular flexibility index (Phi) is 12.1. The molecule has 0 bridgehead atoms. The van der Waals surface area contributed by atoms with Crippen LogP contribution in [0.3, 0.4) is 0 Å². The maximum absolute atomic E-state index is 12.0. The van der Waals surface area contributed by atoms with Crippen molar-refractivity contribution in [3.63, 3.8) is 0 Å². The molecule has 5 heteroatoms. The number of aromatic nitrogens is 3. The van der Waals surface area contributed by atoms with E-state index in [0.29, 0.717) is 11.4 Å². The van der Waals surface area contributed by atoms with Crippen molar-refractivity contribution < 1.29 is 26.2 Å². The summed E-state index contributed by atoms with van der Waals surface area (Å²) < 4.78 is 2.29. The summed E-state index contributed by atoms with van der Waals surface area (Å²) in [5.74, 6) is 0.869. The molecule has 0 aliphatic rings. The molecule has 0 fully saturated rings. The molecule has 0 unspecified atom stereocenters. The molecule has 5 aromatic carbocycles. The molecule has 0 aliphatic heterocycles. The van der Waals surface area contributed by atoms with Crippen LogP contribution in [-0.4, -0.2) is 19.6 Å². The van der Waals surface area contributed by atoms with Gasteiger partial charge in [-0.25, -0.2) is 4.98 Å². The summed E-state index contributed by atoms with van der Waals surface area (Å²) in [7, 11) is 0. The summed E-state index contributed by atoms with van der Waals surface area (Å²) in [4.78, 5) is 10.5. The van der Waals surface area contributed by atoms with Crippen molar-refractivity contribution in [3.05, 3.63) is 143 Å². The molecule has 0 spiro atoms. The van der Waals surface area contributed by atoms with Crippen LogP contribution in [0.25, 0.3) is 61.6 Å². The number of fused-ring (bicyclic) bond motifs is 1. The second-order valence-corrected chi connectivity index (χ2v) is 21.9. The largest absolute Gasteiger partial charge is 0.507 e. The summed E-state index contributed by atoms with van der Waals surface area (Å²) >= 11 is 0. The molecule has 0 radical (unpaired) electrons. The SMILES string of the molecule is CC(C)(C)c1cc(-c2cc(C(C)(C)C)ccn2)[c-]c(-c2cc(C(C)(C)C)cc3c2nc(-c2ccc(-c4ccccc4)cc2O)n3-c2cc(C(C)(C)C)cc(C(C)(C)C)c2)c1.[Pt]. The number of imidazole rings is 1. The molecule has 0 saturated heterocycles. The van der Waals surface area contributed by atoms with Crippen LogP contribution in [0, 0.1) is 6.07 Å². The third kappa shape index (κ3) is 9.51. The minimum absolute atomic E-state index is 0. The van der Waals surface area contributed by atoms with Crippen molar-refractivity contribution in [2.75, 3.05) is 0 Å². The summed E-state index contributed by atoms with van der Waals surface area (Å²) in [6, 6.07) is 40.6. The Bertz CT molecular complexity index is 2690. The zero-order valence-electron chi connectivity index (χ0n) is 39.0. The molecule has 7 aromatic rings. The molecule has 0 aliphatic carbocycles. The van der Waals surface area contributed by atoms with Crippen molar-refractivity contribution in [3.8, 4) is 56.3 Å². The van der Waals surface area contributed by atoms with Gasteiger partial charge in [-0.15, -0.1) is 29.3 Å². The number of phenolic OH excluding ortho intramolecular Hbond substituents is 1. The molecule has 61 heavy (non-hydrogen) atoms. The third-order valence-corrected chi connectivity index (χ3v) is 11.8. The van der Waals surface area contributed by atoms with Crippen LogP contribution in [0.4, 0.5) is 0 Å². The molecule has 320 valence electrons. The first kappa shape index (κ1) is 45.7. The normalized spacial score (nSPS) is 12.8. The fourth-order valence-corrected chi connectivity index (χ4v) is 7.73. The molecule has 0 saturated carbocycles. The summed E-state index contributed by atoms with van der Waals surface area (Å²) in [5.41, 5.74) is 14.9. The number of aromatic hydroxyl groups is 1. The number of phenols is 1. The van der Waals surface area contributed by atoms with E-state index in [1.807, 2.05) is 36.5 Å². The van der Waals surface area contributed by atoms with Crippen molar-refractivity contribution in [2.45, 2.75) is 131 Å². The van der Waals surface area contributed by atoms with E-state index in [4.69, 9.17) is 9.97 Å². The van der Waals surface area contributed by atoms with E-state index < -0.39 is 0 Å². The zero-order chi connectivity index (χ0) is 43.7. The second kappa shape index (κ2) is 16.2. The van der Waals surface area contributed by atoms with Crippen LogP contribution in [-0.2, 0) is 48.1 Å². The number of pyridine rings is 1. The molecule has 4 nitrogen and oxygen atoms in total. The minimum atomic E-state index is -0.186. The maximum Gasteiger partial charge on any atom is 0.148 e. The predicted molar refractivity (Wildman–Crippen MR) is 255 cm³/mol. The molecule has 1 N–H and O–H groups in total. The molecule has 2 heterocycles. The number of rotatable bonds is 5. The first-order valence-corrected chi connectivity index (χ1v) is 21.5. The number of nitrogens with zero attached hydrogens (tertiary/aromatic N) is 3. The van der Waals surface area contributed by atoms with Crippen LogP contribution in [0.1, 0.15) is 132 Å². The average molecular weight is 990 g/mol. The quantitative estimate of drug-likeness (QED) is 0.175. The number of hydrogen-bond donors (Lipinski definition) is 1. The first-order valence-electron chi connectivity index (χ1n) is 21.5. The van der Waals surface area contributed by atoms with Crippen molar-refractivity contribution in [2.24, 2.45) is 0 Å². The molecular formula is C56H64N3OPt-. The summed E-state index contributed by atoms with van der Waals surface area (Å²) in [6.07, 6.45) is 1.92. The molecular weight excluding hydrogens is 926 g/mol. The fourth-order valence-electron chi connectivity index (χ4n) is 7.73. The van der Waals surface area contributed by atoms with E-state index in [-0.39, 0.29) is 53.9 Å². The summed E-state index contributed by atoms with van der Waals surface area (Å²) in [6.45, 7) is 34.0. The van der Waals surface area contributed by atoms with Crippen LogP contribution in [0.5, 0.6) is 5.75 Å². The van der Waals surface area contributed by atoms with Gasteiger partial charge < -0.3 is 5.11 Å². The van der Waals surface area contributed by atoms with Crippen LogP contribution in [0.15, 0.2) is 109 Å². The van der Waals surface area contributed by atoms with E-state index in [1.54, 1.807) is 0 Å². The Morgan fingerprint density at radius 3 is 1.59 bits per heavy atom. The van der Waals surface area contributed by atoms with Gasteiger partial charge in [-0.1, -0.05) is 170 Å². The number of benzene rings is 5. The van der Waals surface area contributed by atoms with Gasteiger partial charge in [0.15, 0.2) is 0 Å². The minimum Gasteiger partial charge on any atom is -0.507 e.